The molecule has 3 rings (SSSR count). The van der Waals surface area contributed by atoms with Gasteiger partial charge in [0.05, 0.1) is 13.7 Å². The van der Waals surface area contributed by atoms with Gasteiger partial charge in [0.15, 0.2) is 11.5 Å². The molecule has 1 aliphatic heterocycles. The Balaban J connectivity index is 2.28. The van der Waals surface area contributed by atoms with Gasteiger partial charge in [-0.25, -0.2) is 14.1 Å². The monoisotopic (exact) mass is 418 g/mol. The molecule has 1 aromatic heterocycles. The van der Waals surface area contributed by atoms with Gasteiger partial charge in [-0.1, -0.05) is 6.07 Å². The number of amides is 4. The number of aromatic nitrogens is 2. The van der Waals surface area contributed by atoms with Gasteiger partial charge in [-0.05, 0) is 17.7 Å². The van der Waals surface area contributed by atoms with Crippen molar-refractivity contribution >= 4 is 17.8 Å². The second-order valence-corrected chi connectivity index (χ2v) is 6.89. The van der Waals surface area contributed by atoms with Crippen molar-refractivity contribution in [3.8, 4) is 11.5 Å². The number of carbonyl (C=O) groups is 3. The summed E-state index contributed by atoms with van der Waals surface area (Å²) in [7, 11) is 1.37. The Morgan fingerprint density at radius 3 is 2.40 bits per heavy atom. The van der Waals surface area contributed by atoms with Gasteiger partial charge >= 0.3 is 6.03 Å². The number of nitrogens with one attached hydrogen (secondary N) is 2. The van der Waals surface area contributed by atoms with Crippen LogP contribution in [-0.2, 0) is 16.1 Å². The molecule has 0 unspecified atom stereocenters. The van der Waals surface area contributed by atoms with E-state index in [1.165, 1.54) is 29.9 Å². The number of imidazole rings is 1. The first-order valence-electron chi connectivity index (χ1n) is 9.13. The second-order valence-electron chi connectivity index (χ2n) is 6.89. The van der Waals surface area contributed by atoms with Crippen molar-refractivity contribution in [2.45, 2.75) is 26.3 Å². The molecule has 1 fully saturated rings. The zero-order valence-corrected chi connectivity index (χ0v) is 16.6. The number of hydrogen-bond acceptors (Lipinski definition) is 7. The van der Waals surface area contributed by atoms with Gasteiger partial charge in [0.25, 0.3) is 5.82 Å². The van der Waals surface area contributed by atoms with Crippen LogP contribution >= 0.6 is 0 Å². The van der Waals surface area contributed by atoms with Gasteiger partial charge in [0, 0.05) is 13.8 Å². The van der Waals surface area contributed by atoms with Crippen LogP contribution in [0.25, 0.3) is 0 Å². The van der Waals surface area contributed by atoms with Gasteiger partial charge in [-0.3, -0.25) is 20.2 Å². The van der Waals surface area contributed by atoms with E-state index in [4.69, 9.17) is 4.74 Å². The fourth-order valence-corrected chi connectivity index (χ4v) is 3.70. The van der Waals surface area contributed by atoms with Crippen LogP contribution in [0, 0.1) is 25.0 Å². The van der Waals surface area contributed by atoms with Gasteiger partial charge in [0.2, 0.25) is 11.8 Å². The Bertz CT molecular complexity index is 1010. The lowest BCUT2D eigenvalue weighted by atomic mass is 9.82. The third-order valence-electron chi connectivity index (χ3n) is 5.25. The van der Waals surface area contributed by atoms with Gasteiger partial charge < -0.3 is 20.2 Å². The highest BCUT2D eigenvalue weighted by molar-refractivity contribution is 6.16. The van der Waals surface area contributed by atoms with Gasteiger partial charge in [0.1, 0.15) is 29.8 Å². The molecule has 1 aromatic carbocycles. The fourth-order valence-electron chi connectivity index (χ4n) is 3.70. The molecule has 0 saturated carbocycles. The van der Waals surface area contributed by atoms with Gasteiger partial charge in [-0.15, -0.1) is 0 Å². The first-order chi connectivity index (χ1) is 14.2. The number of urea groups is 1. The topological polar surface area (TPSA) is 157 Å². The van der Waals surface area contributed by atoms with Crippen LogP contribution in [0.2, 0.25) is 0 Å². The van der Waals surface area contributed by atoms with Gasteiger partial charge in [-0.2, -0.15) is 0 Å². The molecule has 2 heterocycles. The Labute approximate surface area is 171 Å². The number of aliphatic hydroxyl groups excluding tert-OH is 1. The number of phenolic OH excluding ortho intramolecular Hbond substituents is 1. The highest BCUT2D eigenvalue weighted by atomic mass is 16.5. The number of aliphatic hydroxyl groups is 1. The molecule has 11 heteroatoms. The van der Waals surface area contributed by atoms with E-state index in [0.717, 1.165) is 0 Å². The maximum Gasteiger partial charge on any atom is 0.328 e. The Kier molecular flexibility index (Phi) is 5.65. The van der Waals surface area contributed by atoms with Crippen LogP contribution in [-0.4, -0.2) is 46.3 Å². The lowest BCUT2D eigenvalue weighted by Gasteiger charge is -2.28. The standard InChI is InChI=1S/C19H22N4O7/c1-9-10(2)23(29)18(22(9)6-7-24)14(11-4-5-13(30-3)12(25)8-11)15-16(26)20-19(28)21-17(15)27/h4-5,8,14-15,24-25H,6-7H2,1-3H3,(H2,20,21,26,27,28)/t14-/m0/s1. The summed E-state index contributed by atoms with van der Waals surface area (Å²) in [6, 6.07) is 3.30. The Hall–Kier alpha value is -3.60. The molecule has 160 valence electrons. The van der Waals surface area contributed by atoms with Crippen molar-refractivity contribution in [1.29, 1.82) is 0 Å². The number of carbonyl (C=O) groups excluding carboxylic acids is 3. The number of methoxy groups -OCH3 is 1. The fraction of sp³-hybridized carbons (Fsp3) is 0.368. The number of imide groups is 2. The van der Waals surface area contributed by atoms with Crippen molar-refractivity contribution in [3.63, 3.8) is 0 Å². The molecule has 0 aliphatic carbocycles. The van der Waals surface area contributed by atoms with E-state index >= 15 is 0 Å². The zero-order chi connectivity index (χ0) is 22.2. The third-order valence-corrected chi connectivity index (χ3v) is 5.25. The van der Waals surface area contributed by atoms with Crippen molar-refractivity contribution in [2.75, 3.05) is 13.7 Å². The van der Waals surface area contributed by atoms with E-state index in [1.807, 2.05) is 10.6 Å². The van der Waals surface area contributed by atoms with E-state index in [1.54, 1.807) is 13.8 Å². The normalized spacial score (nSPS) is 15.7. The van der Waals surface area contributed by atoms with Crippen molar-refractivity contribution < 1.29 is 34.1 Å². The predicted molar refractivity (Wildman–Crippen MR) is 102 cm³/mol. The Morgan fingerprint density at radius 2 is 1.87 bits per heavy atom. The molecule has 1 atom stereocenters. The first-order valence-corrected chi connectivity index (χ1v) is 9.13. The maximum absolute atomic E-state index is 13.0. The molecule has 0 radical (unpaired) electrons. The summed E-state index contributed by atoms with van der Waals surface area (Å²) < 4.78 is 7.15. The molecule has 4 amide bonds. The molecule has 1 saturated heterocycles. The predicted octanol–water partition coefficient (Wildman–Crippen LogP) is -0.441. The molecule has 0 bridgehead atoms. The average Bonchev–Trinajstić information content (AvgIpc) is 2.89. The number of benzene rings is 1. The number of nitrogens with zero attached hydrogens (tertiary/aromatic N) is 2. The second kappa shape index (κ2) is 8.03. The number of barbiturate groups is 1. The van der Waals surface area contributed by atoms with Crippen LogP contribution in [0.5, 0.6) is 11.5 Å². The molecular weight excluding hydrogens is 396 g/mol. The number of rotatable bonds is 6. The quantitative estimate of drug-likeness (QED) is 0.281. The number of aromatic hydroxyl groups is 1. The zero-order valence-electron chi connectivity index (χ0n) is 16.6. The average molecular weight is 418 g/mol. The van der Waals surface area contributed by atoms with E-state index < -0.39 is 29.7 Å². The molecule has 30 heavy (non-hydrogen) atoms. The van der Waals surface area contributed by atoms with E-state index in [-0.39, 0.29) is 36.0 Å². The molecule has 2 aromatic rings. The lowest BCUT2D eigenvalue weighted by Crippen LogP contribution is -2.58. The van der Waals surface area contributed by atoms with Crippen molar-refractivity contribution in [1.82, 2.24) is 15.2 Å². The third kappa shape index (κ3) is 3.43. The SMILES string of the molecule is COc1ccc([C@H](c2n(CCO)c(C)c(C)[n+]2[O-])C2C(=O)NC(=O)NC2=O)cc1O. The summed E-state index contributed by atoms with van der Waals surface area (Å²) in [4.78, 5) is 36.8. The van der Waals surface area contributed by atoms with E-state index in [0.29, 0.717) is 16.1 Å². The summed E-state index contributed by atoms with van der Waals surface area (Å²) in [5.41, 5.74) is 1.15. The maximum atomic E-state index is 13.0. The summed E-state index contributed by atoms with van der Waals surface area (Å²) in [6.45, 7) is 3.01. The highest BCUT2D eigenvalue weighted by Gasteiger charge is 2.47. The van der Waals surface area contributed by atoms with Crippen molar-refractivity contribution in [3.05, 3.63) is 46.2 Å². The Morgan fingerprint density at radius 1 is 1.23 bits per heavy atom. The largest absolute Gasteiger partial charge is 0.711 e. The smallest absolute Gasteiger partial charge is 0.328 e. The van der Waals surface area contributed by atoms with Crippen LogP contribution in [0.3, 0.4) is 0 Å². The molecule has 1 aliphatic rings. The highest BCUT2D eigenvalue weighted by Crippen LogP contribution is 2.37. The molecule has 4 N–H and O–H groups in total. The minimum Gasteiger partial charge on any atom is -0.711 e. The number of hydrogen-bond donors (Lipinski definition) is 4. The van der Waals surface area contributed by atoms with E-state index in [2.05, 4.69) is 0 Å². The minimum atomic E-state index is -1.47. The van der Waals surface area contributed by atoms with E-state index in [9.17, 15) is 29.8 Å². The van der Waals surface area contributed by atoms with Crippen LogP contribution in [0.1, 0.15) is 28.7 Å². The summed E-state index contributed by atoms with van der Waals surface area (Å²) >= 11 is 0. The van der Waals surface area contributed by atoms with Crippen LogP contribution < -0.4 is 20.1 Å². The lowest BCUT2D eigenvalue weighted by molar-refractivity contribution is -0.621. The summed E-state index contributed by atoms with van der Waals surface area (Å²) in [5, 5.41) is 36.8. The summed E-state index contributed by atoms with van der Waals surface area (Å²) in [6.07, 6.45) is 0. The molecule has 0 spiro atoms. The first kappa shape index (κ1) is 21.1. The molecular formula is C19H22N4O7. The number of ether oxygens (including phenoxy) is 1. The number of phenols is 1. The van der Waals surface area contributed by atoms with Crippen LogP contribution in [0.15, 0.2) is 18.2 Å². The minimum absolute atomic E-state index is 0.0215. The molecule has 11 nitrogen and oxygen atoms in total. The van der Waals surface area contributed by atoms with Crippen LogP contribution in [0.4, 0.5) is 4.79 Å². The summed E-state index contributed by atoms with van der Waals surface area (Å²) in [5.74, 6) is -4.45. The van der Waals surface area contributed by atoms with Crippen molar-refractivity contribution in [2.24, 2.45) is 5.92 Å².